The highest BCUT2D eigenvalue weighted by Crippen LogP contribution is 2.39. The number of nitrogens with one attached hydrogen (secondary N) is 2. The van der Waals surface area contributed by atoms with Crippen molar-refractivity contribution in [3.05, 3.63) is 64.8 Å². The average molecular weight is 565 g/mol. The molecule has 0 saturated carbocycles. The van der Waals surface area contributed by atoms with E-state index in [1.54, 1.807) is 38.2 Å². The Morgan fingerprint density at radius 2 is 1.90 bits per heavy atom. The smallest absolute Gasteiger partial charge is 0.407 e. The molecule has 2 aromatic heterocycles. The standard InChI is InChI=1S/C30H33FN4O4S/c1-30(2,3)39-29(36)33-11-12-37-13-14-38-25-17-22(31)6-7-23(25)27-28-24(9-15-40-28)26(34-35-27)20-5-4-19-8-10-32-18-21(19)16-20/h4-7,9,15-17,32H,8,10-14,18H2,1-3H3,(H,33,36). The van der Waals surface area contributed by atoms with Crippen LogP contribution in [0.4, 0.5) is 9.18 Å². The molecular weight excluding hydrogens is 531 g/mol. The van der Waals surface area contributed by atoms with E-state index in [2.05, 4.69) is 45.1 Å². The SMILES string of the molecule is CC(C)(C)OC(=O)NCCOCCOc1cc(F)ccc1-c1nnc(-c2ccc3c(c2)CNCC3)c2ccsc12. The quantitative estimate of drug-likeness (QED) is 0.251. The van der Waals surface area contributed by atoms with Gasteiger partial charge in [0.05, 0.1) is 17.9 Å². The van der Waals surface area contributed by atoms with Gasteiger partial charge in [0.15, 0.2) is 0 Å². The molecule has 2 aromatic carbocycles. The number of carbonyl (C=O) groups excluding carboxylic acids is 1. The zero-order valence-electron chi connectivity index (χ0n) is 22.9. The number of halogens is 1. The molecule has 1 aliphatic rings. The summed E-state index contributed by atoms with van der Waals surface area (Å²) in [5, 5.41) is 18.3. The van der Waals surface area contributed by atoms with Crippen molar-refractivity contribution in [1.82, 2.24) is 20.8 Å². The number of ether oxygens (including phenoxy) is 3. The van der Waals surface area contributed by atoms with Gasteiger partial charge < -0.3 is 24.8 Å². The molecule has 3 heterocycles. The van der Waals surface area contributed by atoms with Crippen molar-refractivity contribution in [3.63, 3.8) is 0 Å². The molecule has 210 valence electrons. The Kier molecular flexibility index (Phi) is 8.58. The molecule has 1 amide bonds. The molecule has 0 saturated heterocycles. The van der Waals surface area contributed by atoms with E-state index in [0.717, 1.165) is 40.9 Å². The molecule has 0 aliphatic carbocycles. The van der Waals surface area contributed by atoms with Crippen LogP contribution in [0.2, 0.25) is 0 Å². The molecule has 0 bridgehead atoms. The van der Waals surface area contributed by atoms with Crippen molar-refractivity contribution in [2.75, 3.05) is 32.9 Å². The van der Waals surface area contributed by atoms with Crippen molar-refractivity contribution in [2.45, 2.75) is 39.3 Å². The van der Waals surface area contributed by atoms with E-state index in [9.17, 15) is 9.18 Å². The second kappa shape index (κ2) is 12.3. The van der Waals surface area contributed by atoms with Gasteiger partial charge in [0.2, 0.25) is 0 Å². The predicted molar refractivity (Wildman–Crippen MR) is 154 cm³/mol. The fourth-order valence-electron chi connectivity index (χ4n) is 4.56. The van der Waals surface area contributed by atoms with Crippen LogP contribution in [0.15, 0.2) is 47.8 Å². The number of benzene rings is 2. The summed E-state index contributed by atoms with van der Waals surface area (Å²) in [5.74, 6) is -0.0389. The third-order valence-corrected chi connectivity index (χ3v) is 7.27. The van der Waals surface area contributed by atoms with Crippen LogP contribution >= 0.6 is 11.3 Å². The molecule has 10 heteroatoms. The summed E-state index contributed by atoms with van der Waals surface area (Å²) < 4.78 is 31.8. The van der Waals surface area contributed by atoms with Gasteiger partial charge in [0.1, 0.15) is 35.2 Å². The molecule has 2 N–H and O–H groups in total. The highest BCUT2D eigenvalue weighted by molar-refractivity contribution is 7.17. The lowest BCUT2D eigenvalue weighted by atomic mass is 9.96. The van der Waals surface area contributed by atoms with Gasteiger partial charge in [-0.2, -0.15) is 0 Å². The van der Waals surface area contributed by atoms with Crippen LogP contribution in [-0.4, -0.2) is 54.8 Å². The molecule has 0 fully saturated rings. The molecule has 8 nitrogen and oxygen atoms in total. The first kappa shape index (κ1) is 27.9. The van der Waals surface area contributed by atoms with Crippen molar-refractivity contribution in [2.24, 2.45) is 0 Å². The minimum absolute atomic E-state index is 0.200. The third-order valence-electron chi connectivity index (χ3n) is 6.35. The number of hydrogen-bond donors (Lipinski definition) is 2. The normalized spacial score (nSPS) is 13.2. The fourth-order valence-corrected chi connectivity index (χ4v) is 5.45. The Morgan fingerprint density at radius 1 is 1.05 bits per heavy atom. The topological polar surface area (TPSA) is 94.6 Å². The van der Waals surface area contributed by atoms with Crippen LogP contribution in [0.25, 0.3) is 32.6 Å². The van der Waals surface area contributed by atoms with Gasteiger partial charge in [-0.15, -0.1) is 21.5 Å². The maximum atomic E-state index is 14.2. The molecule has 4 aromatic rings. The van der Waals surface area contributed by atoms with Gasteiger partial charge >= 0.3 is 6.09 Å². The number of nitrogens with zero attached hydrogens (tertiary/aromatic N) is 2. The van der Waals surface area contributed by atoms with Crippen LogP contribution in [-0.2, 0) is 22.4 Å². The van der Waals surface area contributed by atoms with Crippen molar-refractivity contribution in [3.8, 4) is 28.3 Å². The van der Waals surface area contributed by atoms with E-state index in [1.807, 2.05) is 5.38 Å². The number of amides is 1. The van der Waals surface area contributed by atoms with Crippen LogP contribution in [0.5, 0.6) is 5.75 Å². The van der Waals surface area contributed by atoms with E-state index < -0.39 is 17.5 Å². The predicted octanol–water partition coefficient (Wildman–Crippen LogP) is 5.73. The summed E-state index contributed by atoms with van der Waals surface area (Å²) >= 11 is 1.57. The second-order valence-electron chi connectivity index (χ2n) is 10.5. The minimum Gasteiger partial charge on any atom is -0.490 e. The molecule has 0 spiro atoms. The first-order valence-corrected chi connectivity index (χ1v) is 14.2. The Bertz CT molecular complexity index is 1500. The lowest BCUT2D eigenvalue weighted by Gasteiger charge is -2.19. The Hall–Kier alpha value is -3.60. The van der Waals surface area contributed by atoms with Gasteiger partial charge in [-0.25, -0.2) is 9.18 Å². The van der Waals surface area contributed by atoms with E-state index in [4.69, 9.17) is 14.2 Å². The van der Waals surface area contributed by atoms with E-state index in [0.29, 0.717) is 30.2 Å². The van der Waals surface area contributed by atoms with E-state index >= 15 is 0 Å². The van der Waals surface area contributed by atoms with Crippen LogP contribution in [0.3, 0.4) is 0 Å². The maximum absolute atomic E-state index is 14.2. The number of alkyl carbamates (subject to hydrolysis) is 1. The second-order valence-corrected chi connectivity index (χ2v) is 11.4. The van der Waals surface area contributed by atoms with E-state index in [-0.39, 0.29) is 13.2 Å². The van der Waals surface area contributed by atoms with Gasteiger partial charge in [-0.3, -0.25) is 0 Å². The molecule has 1 aliphatic heterocycles. The zero-order chi connectivity index (χ0) is 28.1. The molecule has 5 rings (SSSR count). The third kappa shape index (κ3) is 6.75. The summed E-state index contributed by atoms with van der Waals surface area (Å²) in [5.41, 5.74) is 5.25. The summed E-state index contributed by atoms with van der Waals surface area (Å²) in [6, 6.07) is 13.0. The number of thiophene rings is 1. The zero-order valence-corrected chi connectivity index (χ0v) is 23.7. The Balaban J connectivity index is 1.27. The largest absolute Gasteiger partial charge is 0.490 e. The first-order valence-electron chi connectivity index (χ1n) is 13.3. The highest BCUT2D eigenvalue weighted by atomic mass is 32.1. The maximum Gasteiger partial charge on any atom is 0.407 e. The molecule has 0 unspecified atom stereocenters. The Morgan fingerprint density at radius 3 is 2.75 bits per heavy atom. The monoisotopic (exact) mass is 564 g/mol. The average Bonchev–Trinajstić information content (AvgIpc) is 3.41. The van der Waals surface area contributed by atoms with Gasteiger partial charge in [0, 0.05) is 35.7 Å². The van der Waals surface area contributed by atoms with Crippen molar-refractivity contribution in [1.29, 1.82) is 0 Å². The van der Waals surface area contributed by atoms with Gasteiger partial charge in [-0.05, 0) is 74.5 Å². The number of rotatable bonds is 9. The lowest BCUT2D eigenvalue weighted by Crippen LogP contribution is -2.34. The van der Waals surface area contributed by atoms with Crippen LogP contribution in [0, 0.1) is 5.82 Å². The van der Waals surface area contributed by atoms with Gasteiger partial charge in [-0.1, -0.05) is 12.1 Å². The number of carbonyl (C=O) groups is 1. The van der Waals surface area contributed by atoms with Crippen LogP contribution in [0.1, 0.15) is 31.9 Å². The molecule has 0 radical (unpaired) electrons. The molecular formula is C30H33FN4O4S. The van der Waals surface area contributed by atoms with Crippen LogP contribution < -0.4 is 15.4 Å². The summed E-state index contributed by atoms with van der Waals surface area (Å²) in [6.45, 7) is 8.31. The highest BCUT2D eigenvalue weighted by Gasteiger charge is 2.19. The fraction of sp³-hybridized carbons (Fsp3) is 0.367. The summed E-state index contributed by atoms with van der Waals surface area (Å²) in [4.78, 5) is 11.7. The molecule has 40 heavy (non-hydrogen) atoms. The number of aromatic nitrogens is 2. The summed E-state index contributed by atoms with van der Waals surface area (Å²) in [7, 11) is 0. The Labute approximate surface area is 236 Å². The first-order chi connectivity index (χ1) is 19.3. The summed E-state index contributed by atoms with van der Waals surface area (Å²) in [6.07, 6.45) is 0.530. The molecule has 0 atom stereocenters. The number of hydrogen-bond acceptors (Lipinski definition) is 8. The van der Waals surface area contributed by atoms with Gasteiger partial charge in [0.25, 0.3) is 0 Å². The lowest BCUT2D eigenvalue weighted by molar-refractivity contribution is 0.0489. The van der Waals surface area contributed by atoms with E-state index in [1.165, 1.54) is 23.3 Å². The minimum atomic E-state index is -0.556. The number of fused-ring (bicyclic) bond motifs is 2. The van der Waals surface area contributed by atoms with Crippen molar-refractivity contribution < 1.29 is 23.4 Å². The van der Waals surface area contributed by atoms with Crippen molar-refractivity contribution >= 4 is 27.5 Å².